The summed E-state index contributed by atoms with van der Waals surface area (Å²) < 4.78 is 0. The van der Waals surface area contributed by atoms with Crippen molar-refractivity contribution in [3.8, 4) is 0 Å². The average Bonchev–Trinajstić information content (AvgIpc) is 2.59. The van der Waals surface area contributed by atoms with Gasteiger partial charge in [-0.1, -0.05) is 39.0 Å². The normalized spacial score (nSPS) is 19.1. The molecule has 1 fully saturated rings. The van der Waals surface area contributed by atoms with Crippen LogP contribution in [0.5, 0.6) is 0 Å². The monoisotopic (exact) mass is 339 g/mol. The van der Waals surface area contributed by atoms with Crippen molar-refractivity contribution in [2.24, 2.45) is 11.3 Å². The van der Waals surface area contributed by atoms with Crippen LogP contribution < -0.4 is 5.32 Å². The third-order valence-corrected chi connectivity index (χ3v) is 4.97. The van der Waals surface area contributed by atoms with Crippen molar-refractivity contribution < 1.29 is 4.79 Å². The van der Waals surface area contributed by atoms with Gasteiger partial charge in [-0.2, -0.15) is 0 Å². The first-order chi connectivity index (χ1) is 11.9. The smallest absolute Gasteiger partial charge is 0.225 e. The molecule has 1 saturated heterocycles. The molecule has 1 unspecified atom stereocenters. The fraction of sp³-hybridized carbons (Fsp3) is 0.524. The van der Waals surface area contributed by atoms with Crippen LogP contribution in [-0.2, 0) is 11.3 Å². The van der Waals surface area contributed by atoms with Gasteiger partial charge in [0.1, 0.15) is 0 Å². The third kappa shape index (κ3) is 4.57. The van der Waals surface area contributed by atoms with Gasteiger partial charge in [0.25, 0.3) is 0 Å². The molecular weight excluding hydrogens is 310 g/mol. The molecule has 1 aliphatic heterocycles. The van der Waals surface area contributed by atoms with Gasteiger partial charge < -0.3 is 5.32 Å². The van der Waals surface area contributed by atoms with Gasteiger partial charge in [-0.15, -0.1) is 0 Å². The quantitative estimate of drug-likeness (QED) is 0.925. The SMILES string of the molecule is CC(C)(C)C(=O)NCC1CCCN(Cc2ccnc3ccccc23)C1. The van der Waals surface area contributed by atoms with E-state index in [1.165, 1.54) is 23.8 Å². The number of carbonyl (C=O) groups excluding carboxylic acids is 1. The number of rotatable bonds is 4. The van der Waals surface area contributed by atoms with Crippen molar-refractivity contribution >= 4 is 16.8 Å². The Bertz CT molecular complexity index is 730. The lowest BCUT2D eigenvalue weighted by molar-refractivity contribution is -0.128. The molecule has 2 aromatic rings. The highest BCUT2D eigenvalue weighted by Gasteiger charge is 2.24. The number of hydrogen-bond acceptors (Lipinski definition) is 3. The first-order valence-corrected chi connectivity index (χ1v) is 9.27. The first-order valence-electron chi connectivity index (χ1n) is 9.27. The largest absolute Gasteiger partial charge is 0.355 e. The molecule has 1 atom stereocenters. The van der Waals surface area contributed by atoms with E-state index in [-0.39, 0.29) is 11.3 Å². The minimum Gasteiger partial charge on any atom is -0.355 e. The van der Waals surface area contributed by atoms with Gasteiger partial charge in [0.05, 0.1) is 5.52 Å². The number of pyridine rings is 1. The van der Waals surface area contributed by atoms with E-state index in [1.807, 2.05) is 33.0 Å². The number of benzene rings is 1. The number of hydrogen-bond donors (Lipinski definition) is 1. The van der Waals surface area contributed by atoms with E-state index in [1.54, 1.807) is 0 Å². The molecule has 134 valence electrons. The zero-order valence-corrected chi connectivity index (χ0v) is 15.6. The summed E-state index contributed by atoms with van der Waals surface area (Å²) in [6.07, 6.45) is 4.29. The van der Waals surface area contributed by atoms with Crippen molar-refractivity contribution in [2.75, 3.05) is 19.6 Å². The van der Waals surface area contributed by atoms with Crippen LogP contribution in [0, 0.1) is 11.3 Å². The minimum absolute atomic E-state index is 0.143. The third-order valence-electron chi connectivity index (χ3n) is 4.97. The highest BCUT2D eigenvalue weighted by molar-refractivity contribution is 5.82. The number of carbonyl (C=O) groups is 1. The van der Waals surface area contributed by atoms with Crippen molar-refractivity contribution in [1.82, 2.24) is 15.2 Å². The Morgan fingerprint density at radius 2 is 2.08 bits per heavy atom. The van der Waals surface area contributed by atoms with Gasteiger partial charge in [0.15, 0.2) is 0 Å². The van der Waals surface area contributed by atoms with E-state index in [4.69, 9.17) is 0 Å². The summed E-state index contributed by atoms with van der Waals surface area (Å²) in [7, 11) is 0. The number of fused-ring (bicyclic) bond motifs is 1. The molecule has 4 nitrogen and oxygen atoms in total. The van der Waals surface area contributed by atoms with Crippen molar-refractivity contribution in [2.45, 2.75) is 40.2 Å². The lowest BCUT2D eigenvalue weighted by Crippen LogP contribution is -2.43. The maximum atomic E-state index is 12.1. The van der Waals surface area contributed by atoms with Crippen molar-refractivity contribution in [3.05, 3.63) is 42.1 Å². The summed E-state index contributed by atoms with van der Waals surface area (Å²) in [5.74, 6) is 0.679. The number of para-hydroxylation sites is 1. The van der Waals surface area contributed by atoms with Gasteiger partial charge in [-0.25, -0.2) is 0 Å². The standard InChI is InChI=1S/C21H29N3O/c1-21(2,3)20(25)23-13-16-7-6-12-24(14-16)15-17-10-11-22-19-9-5-4-8-18(17)19/h4-5,8-11,16H,6-7,12-15H2,1-3H3,(H,23,25). The van der Waals surface area contributed by atoms with Gasteiger partial charge in [0, 0.05) is 36.6 Å². The predicted molar refractivity (Wildman–Crippen MR) is 102 cm³/mol. The van der Waals surface area contributed by atoms with E-state index < -0.39 is 0 Å². The lowest BCUT2D eigenvalue weighted by atomic mass is 9.94. The molecule has 1 amide bonds. The van der Waals surface area contributed by atoms with Crippen LogP contribution in [-0.4, -0.2) is 35.4 Å². The van der Waals surface area contributed by atoms with Crippen molar-refractivity contribution in [1.29, 1.82) is 0 Å². The molecule has 1 N–H and O–H groups in total. The topological polar surface area (TPSA) is 45.2 Å². The summed E-state index contributed by atoms with van der Waals surface area (Å²) in [5.41, 5.74) is 2.08. The molecule has 0 aliphatic carbocycles. The maximum absolute atomic E-state index is 12.1. The van der Waals surface area contributed by atoms with Gasteiger partial charge in [0.2, 0.25) is 5.91 Å². The molecule has 0 radical (unpaired) electrons. The molecule has 1 aromatic heterocycles. The van der Waals surface area contributed by atoms with Gasteiger partial charge in [-0.05, 0) is 43.0 Å². The Labute approximate surface area is 150 Å². The van der Waals surface area contributed by atoms with Crippen LogP contribution in [0.3, 0.4) is 0 Å². The van der Waals surface area contributed by atoms with Crippen LogP contribution >= 0.6 is 0 Å². The molecule has 25 heavy (non-hydrogen) atoms. The summed E-state index contributed by atoms with van der Waals surface area (Å²) >= 11 is 0. The molecule has 1 aromatic carbocycles. The number of aromatic nitrogens is 1. The molecule has 4 heteroatoms. The molecule has 0 spiro atoms. The van der Waals surface area contributed by atoms with Crippen LogP contribution in [0.1, 0.15) is 39.2 Å². The Hall–Kier alpha value is -1.94. The number of amides is 1. The second kappa shape index (κ2) is 7.52. The maximum Gasteiger partial charge on any atom is 0.225 e. The lowest BCUT2D eigenvalue weighted by Gasteiger charge is -2.33. The number of nitrogens with zero attached hydrogens (tertiary/aromatic N) is 2. The Kier molecular flexibility index (Phi) is 5.38. The van der Waals surface area contributed by atoms with Crippen LogP contribution in [0.25, 0.3) is 10.9 Å². The van der Waals surface area contributed by atoms with E-state index in [2.05, 4.69) is 39.5 Å². The van der Waals surface area contributed by atoms with Crippen LogP contribution in [0.15, 0.2) is 36.5 Å². The van der Waals surface area contributed by atoms with E-state index in [0.717, 1.165) is 31.7 Å². The fourth-order valence-corrected chi connectivity index (χ4v) is 3.50. The number of piperidine rings is 1. The first kappa shape index (κ1) is 17.9. The molecule has 2 heterocycles. The summed E-state index contributed by atoms with van der Waals surface area (Å²) in [4.78, 5) is 19.1. The minimum atomic E-state index is -0.315. The summed E-state index contributed by atoms with van der Waals surface area (Å²) in [5, 5.41) is 4.37. The zero-order chi connectivity index (χ0) is 17.9. The zero-order valence-electron chi connectivity index (χ0n) is 15.6. The van der Waals surface area contributed by atoms with Crippen LogP contribution in [0.2, 0.25) is 0 Å². The summed E-state index contributed by atoms with van der Waals surface area (Å²) in [6, 6.07) is 10.5. The molecule has 1 aliphatic rings. The highest BCUT2D eigenvalue weighted by Crippen LogP contribution is 2.22. The average molecular weight is 339 g/mol. The Morgan fingerprint density at radius 1 is 1.28 bits per heavy atom. The van der Waals surface area contributed by atoms with E-state index >= 15 is 0 Å². The van der Waals surface area contributed by atoms with Crippen LogP contribution in [0.4, 0.5) is 0 Å². The molecule has 0 bridgehead atoms. The Balaban J connectivity index is 1.61. The highest BCUT2D eigenvalue weighted by atomic mass is 16.2. The number of likely N-dealkylation sites (tertiary alicyclic amines) is 1. The van der Waals surface area contributed by atoms with Gasteiger partial charge >= 0.3 is 0 Å². The predicted octanol–water partition coefficient (Wildman–Crippen LogP) is 3.61. The number of nitrogens with one attached hydrogen (secondary N) is 1. The van der Waals surface area contributed by atoms with Gasteiger partial charge in [-0.3, -0.25) is 14.7 Å². The second-order valence-electron chi connectivity index (χ2n) is 8.19. The Morgan fingerprint density at radius 3 is 2.88 bits per heavy atom. The second-order valence-corrected chi connectivity index (χ2v) is 8.19. The molecule has 0 saturated carbocycles. The molecular formula is C21H29N3O. The fourth-order valence-electron chi connectivity index (χ4n) is 3.50. The summed E-state index contributed by atoms with van der Waals surface area (Å²) in [6.45, 7) is 9.79. The van der Waals surface area contributed by atoms with E-state index in [0.29, 0.717) is 5.92 Å². The van der Waals surface area contributed by atoms with E-state index in [9.17, 15) is 4.79 Å². The van der Waals surface area contributed by atoms with Crippen molar-refractivity contribution in [3.63, 3.8) is 0 Å². The molecule has 3 rings (SSSR count).